The molecule has 7 heteroatoms. The fraction of sp³-hybridized carbons (Fsp3) is 0.214. The van der Waals surface area contributed by atoms with Crippen molar-refractivity contribution >= 4 is 21.6 Å². The van der Waals surface area contributed by atoms with Gasteiger partial charge in [0, 0.05) is 34.3 Å². The Morgan fingerprint density at radius 1 is 1.14 bits per heavy atom. The lowest BCUT2D eigenvalue weighted by Crippen LogP contribution is -2.00. The number of fused-ring (bicyclic) bond motifs is 1. The van der Waals surface area contributed by atoms with Crippen molar-refractivity contribution in [2.45, 2.75) is 6.92 Å². The van der Waals surface area contributed by atoms with E-state index in [0.29, 0.717) is 5.88 Å². The van der Waals surface area contributed by atoms with Crippen LogP contribution in [0.5, 0.6) is 11.9 Å². The number of imidazole rings is 1. The number of methoxy groups -OCH3 is 2. The maximum Gasteiger partial charge on any atom is 0.319 e. The molecule has 3 aromatic heterocycles. The van der Waals surface area contributed by atoms with Crippen molar-refractivity contribution in [1.29, 1.82) is 0 Å². The molecule has 6 nitrogen and oxygen atoms in total. The number of hydrogen-bond acceptors (Lipinski definition) is 5. The van der Waals surface area contributed by atoms with Crippen LogP contribution in [-0.4, -0.2) is 33.6 Å². The van der Waals surface area contributed by atoms with Gasteiger partial charge in [0.15, 0.2) is 0 Å². The summed E-state index contributed by atoms with van der Waals surface area (Å²) < 4.78 is 13.4. The highest BCUT2D eigenvalue weighted by atomic mass is 79.9. The molecule has 0 spiro atoms. The van der Waals surface area contributed by atoms with E-state index in [2.05, 4.69) is 30.9 Å². The molecule has 0 amide bonds. The molecule has 0 N–H and O–H groups in total. The zero-order chi connectivity index (χ0) is 15.0. The third kappa shape index (κ3) is 2.23. The summed E-state index contributed by atoms with van der Waals surface area (Å²) in [5, 5.41) is 0. The van der Waals surface area contributed by atoms with Crippen molar-refractivity contribution in [1.82, 2.24) is 19.4 Å². The van der Waals surface area contributed by atoms with Gasteiger partial charge in [-0.2, -0.15) is 4.98 Å². The average Bonchev–Trinajstić information content (AvgIpc) is 3.00. The molecule has 0 unspecified atom stereocenters. The van der Waals surface area contributed by atoms with Gasteiger partial charge in [-0.25, -0.2) is 9.97 Å². The van der Waals surface area contributed by atoms with E-state index in [1.807, 2.05) is 23.6 Å². The number of hydrogen-bond donors (Lipinski definition) is 0. The van der Waals surface area contributed by atoms with Crippen molar-refractivity contribution < 1.29 is 9.47 Å². The Kier molecular flexibility index (Phi) is 3.50. The van der Waals surface area contributed by atoms with E-state index in [1.165, 1.54) is 7.11 Å². The lowest BCUT2D eigenvalue weighted by Gasteiger charge is -2.12. The molecule has 0 aromatic carbocycles. The Bertz CT molecular complexity index is 816. The molecule has 0 radical (unpaired) electrons. The van der Waals surface area contributed by atoms with E-state index in [9.17, 15) is 0 Å². The third-order valence-corrected chi connectivity index (χ3v) is 4.06. The number of aryl methyl sites for hydroxylation is 1. The first-order valence-corrected chi connectivity index (χ1v) is 7.02. The van der Waals surface area contributed by atoms with Crippen molar-refractivity contribution in [3.63, 3.8) is 0 Å². The summed E-state index contributed by atoms with van der Waals surface area (Å²) in [5.74, 6) is 0.447. The summed E-state index contributed by atoms with van der Waals surface area (Å²) in [4.78, 5) is 12.8. The quantitative estimate of drug-likeness (QED) is 0.728. The van der Waals surface area contributed by atoms with Gasteiger partial charge in [0.2, 0.25) is 5.88 Å². The number of nitrogens with zero attached hydrogens (tertiary/aromatic N) is 4. The summed E-state index contributed by atoms with van der Waals surface area (Å²) >= 11 is 3.57. The van der Waals surface area contributed by atoms with Gasteiger partial charge in [0.25, 0.3) is 0 Å². The van der Waals surface area contributed by atoms with Crippen LogP contribution in [0, 0.1) is 6.92 Å². The van der Waals surface area contributed by atoms with Gasteiger partial charge in [-0.05, 0) is 28.9 Å². The Hall–Kier alpha value is -2.15. The largest absolute Gasteiger partial charge is 0.480 e. The molecule has 3 rings (SSSR count). The number of halogens is 1. The molecule has 0 saturated heterocycles. The van der Waals surface area contributed by atoms with Crippen LogP contribution in [0.25, 0.3) is 16.8 Å². The highest BCUT2D eigenvalue weighted by Crippen LogP contribution is 2.34. The zero-order valence-corrected chi connectivity index (χ0v) is 13.4. The van der Waals surface area contributed by atoms with Crippen molar-refractivity contribution in [2.75, 3.05) is 14.2 Å². The van der Waals surface area contributed by atoms with Gasteiger partial charge in [0.1, 0.15) is 5.65 Å². The summed E-state index contributed by atoms with van der Waals surface area (Å²) in [6.07, 6.45) is 5.35. The normalized spacial score (nSPS) is 10.9. The van der Waals surface area contributed by atoms with Crippen molar-refractivity contribution in [2.24, 2.45) is 0 Å². The minimum atomic E-state index is 0.265. The van der Waals surface area contributed by atoms with Crippen LogP contribution in [0.3, 0.4) is 0 Å². The second-order valence-electron chi connectivity index (χ2n) is 4.39. The average molecular weight is 349 g/mol. The first-order chi connectivity index (χ1) is 10.2. The monoisotopic (exact) mass is 348 g/mol. The molecule has 0 saturated carbocycles. The second kappa shape index (κ2) is 5.33. The predicted molar refractivity (Wildman–Crippen MR) is 81.8 cm³/mol. The Labute approximate surface area is 129 Å². The van der Waals surface area contributed by atoms with Crippen LogP contribution >= 0.6 is 15.9 Å². The number of aromatic nitrogens is 4. The molecule has 0 aliphatic heterocycles. The number of pyridine rings is 1. The van der Waals surface area contributed by atoms with Crippen molar-refractivity contribution in [3.05, 3.63) is 34.8 Å². The van der Waals surface area contributed by atoms with Crippen LogP contribution in [0.4, 0.5) is 0 Å². The summed E-state index contributed by atoms with van der Waals surface area (Å²) in [6, 6.07) is 2.26. The first-order valence-electron chi connectivity index (χ1n) is 6.23. The second-order valence-corrected chi connectivity index (χ2v) is 5.25. The molecule has 21 heavy (non-hydrogen) atoms. The topological polar surface area (TPSA) is 61.5 Å². The molecule has 0 fully saturated rings. The molecular formula is C14H13BrN4O2. The van der Waals surface area contributed by atoms with Crippen LogP contribution < -0.4 is 9.47 Å². The molecule has 0 bridgehead atoms. The molecule has 0 aliphatic rings. The Morgan fingerprint density at radius 3 is 2.67 bits per heavy atom. The van der Waals surface area contributed by atoms with E-state index in [-0.39, 0.29) is 6.01 Å². The van der Waals surface area contributed by atoms with E-state index < -0.39 is 0 Å². The van der Waals surface area contributed by atoms with Gasteiger partial charge in [-0.1, -0.05) is 0 Å². The molecular weight excluding hydrogens is 336 g/mol. The molecule has 0 aliphatic carbocycles. The van der Waals surface area contributed by atoms with Gasteiger partial charge in [-0.3, -0.25) is 0 Å². The Balaban J connectivity index is 2.30. The standard InChI is InChI=1S/C14H13BrN4O2/c1-8-11(15)6-9(12-16-4-5-19(8)12)10-7-17-14(21-3)18-13(10)20-2/h4-7H,1-3H3. The molecule has 3 aromatic rings. The Morgan fingerprint density at radius 2 is 1.95 bits per heavy atom. The van der Waals surface area contributed by atoms with E-state index in [4.69, 9.17) is 9.47 Å². The lowest BCUT2D eigenvalue weighted by molar-refractivity contribution is 0.353. The van der Waals surface area contributed by atoms with Gasteiger partial charge < -0.3 is 13.9 Å². The summed E-state index contributed by atoms with van der Waals surface area (Å²) in [7, 11) is 3.08. The van der Waals surface area contributed by atoms with Gasteiger partial charge in [0.05, 0.1) is 19.8 Å². The summed E-state index contributed by atoms with van der Waals surface area (Å²) in [6.45, 7) is 2.02. The van der Waals surface area contributed by atoms with Gasteiger partial charge >= 0.3 is 6.01 Å². The number of rotatable bonds is 3. The SMILES string of the molecule is COc1ncc(-c2cc(Br)c(C)n3ccnc23)c(OC)n1. The van der Waals surface area contributed by atoms with Crippen LogP contribution in [0.15, 0.2) is 29.1 Å². The molecule has 3 heterocycles. The fourth-order valence-corrected chi connectivity index (χ4v) is 2.59. The first kappa shape index (κ1) is 13.8. The van der Waals surface area contributed by atoms with E-state index in [1.54, 1.807) is 19.5 Å². The zero-order valence-electron chi connectivity index (χ0n) is 11.8. The van der Waals surface area contributed by atoms with Crippen LogP contribution in [0.2, 0.25) is 0 Å². The lowest BCUT2D eigenvalue weighted by atomic mass is 10.1. The van der Waals surface area contributed by atoms with E-state index in [0.717, 1.165) is 26.9 Å². The third-order valence-electron chi connectivity index (χ3n) is 3.26. The smallest absolute Gasteiger partial charge is 0.319 e. The predicted octanol–water partition coefficient (Wildman–Crippen LogP) is 2.88. The van der Waals surface area contributed by atoms with Gasteiger partial charge in [-0.15, -0.1) is 0 Å². The highest BCUT2D eigenvalue weighted by Gasteiger charge is 2.16. The summed E-state index contributed by atoms with van der Waals surface area (Å²) in [5.41, 5.74) is 3.54. The maximum absolute atomic E-state index is 5.35. The fourth-order valence-electron chi connectivity index (χ4n) is 2.17. The highest BCUT2D eigenvalue weighted by molar-refractivity contribution is 9.10. The minimum absolute atomic E-state index is 0.265. The molecule has 0 atom stereocenters. The van der Waals surface area contributed by atoms with Crippen molar-refractivity contribution in [3.8, 4) is 23.0 Å². The molecule has 108 valence electrons. The van der Waals surface area contributed by atoms with Crippen LogP contribution in [-0.2, 0) is 0 Å². The minimum Gasteiger partial charge on any atom is -0.480 e. The number of ether oxygens (including phenoxy) is 2. The van der Waals surface area contributed by atoms with Crippen LogP contribution in [0.1, 0.15) is 5.69 Å². The van der Waals surface area contributed by atoms with E-state index >= 15 is 0 Å². The maximum atomic E-state index is 5.35.